The highest BCUT2D eigenvalue weighted by Crippen LogP contribution is 2.22. The molecule has 1 aromatic heterocycles. The van der Waals surface area contributed by atoms with E-state index in [0.717, 1.165) is 10.9 Å². The van der Waals surface area contributed by atoms with Gasteiger partial charge in [-0.3, -0.25) is 4.98 Å². The minimum atomic E-state index is -0.412. The molecule has 0 radical (unpaired) electrons. The number of fused-ring (bicyclic) bond motifs is 1. The zero-order chi connectivity index (χ0) is 18.2. The number of benzene rings is 2. The Morgan fingerprint density at radius 2 is 1.88 bits per heavy atom. The molecule has 0 aliphatic heterocycles. The molecule has 0 spiro atoms. The van der Waals surface area contributed by atoms with Gasteiger partial charge in [-0.25, -0.2) is 9.18 Å². The Balaban J connectivity index is 1.44. The number of urea groups is 1. The molecule has 5 nitrogen and oxygen atoms in total. The van der Waals surface area contributed by atoms with Gasteiger partial charge in [0.15, 0.2) is 0 Å². The molecule has 1 heterocycles. The van der Waals surface area contributed by atoms with Gasteiger partial charge >= 0.3 is 6.03 Å². The smallest absolute Gasteiger partial charge is 0.319 e. The van der Waals surface area contributed by atoms with Gasteiger partial charge in [-0.05, 0) is 36.4 Å². The van der Waals surface area contributed by atoms with E-state index in [0.29, 0.717) is 11.4 Å². The van der Waals surface area contributed by atoms with Crippen LogP contribution < -0.4 is 15.4 Å². The molecule has 0 fully saturated rings. The van der Waals surface area contributed by atoms with Gasteiger partial charge in [0.2, 0.25) is 0 Å². The molecule has 3 aromatic rings. The maximum atomic E-state index is 12.8. The van der Waals surface area contributed by atoms with E-state index in [1.54, 1.807) is 6.20 Å². The fourth-order valence-electron chi connectivity index (χ4n) is 2.25. The van der Waals surface area contributed by atoms with Gasteiger partial charge in [-0.15, -0.1) is 0 Å². The van der Waals surface area contributed by atoms with Crippen LogP contribution in [0.1, 0.15) is 0 Å². The van der Waals surface area contributed by atoms with Crippen molar-refractivity contribution in [2.75, 3.05) is 18.5 Å². The van der Waals surface area contributed by atoms with Crippen molar-refractivity contribution in [1.82, 2.24) is 10.3 Å². The predicted molar refractivity (Wildman–Crippen MR) is 98.4 cm³/mol. The summed E-state index contributed by atoms with van der Waals surface area (Å²) >= 11 is 0. The topological polar surface area (TPSA) is 63.2 Å². The molecule has 3 rings (SSSR count). The number of carbonyl (C=O) groups excluding carboxylic acids is 1. The van der Waals surface area contributed by atoms with Crippen molar-refractivity contribution in [3.63, 3.8) is 0 Å². The molecule has 2 aromatic carbocycles. The molecule has 0 bridgehead atoms. The highest BCUT2D eigenvalue weighted by Gasteiger charge is 2.01. The second-order valence-corrected chi connectivity index (χ2v) is 5.29. The molecule has 0 aliphatic rings. The van der Waals surface area contributed by atoms with Crippen LogP contribution in [0.3, 0.4) is 0 Å². The summed E-state index contributed by atoms with van der Waals surface area (Å²) in [6.45, 7) is 0.362. The molecular formula is C20H16FN3O2. The number of halogens is 1. The minimum Gasteiger partial charge on any atom is -0.479 e. The maximum absolute atomic E-state index is 12.8. The lowest BCUT2D eigenvalue weighted by atomic mass is 10.2. The molecular weight excluding hydrogens is 333 g/mol. The van der Waals surface area contributed by atoms with Crippen LogP contribution in [-0.4, -0.2) is 24.2 Å². The van der Waals surface area contributed by atoms with Crippen LogP contribution in [0.15, 0.2) is 60.8 Å². The quantitative estimate of drug-likeness (QED) is 0.708. The number of nitrogens with one attached hydrogen (secondary N) is 2. The molecule has 2 N–H and O–H groups in total. The summed E-state index contributed by atoms with van der Waals surface area (Å²) in [5.41, 5.74) is 1.29. The van der Waals surface area contributed by atoms with E-state index in [2.05, 4.69) is 27.5 Å². The summed E-state index contributed by atoms with van der Waals surface area (Å²) in [6, 6.07) is 14.6. The molecule has 0 atom stereocenters. The second kappa shape index (κ2) is 8.49. The van der Waals surface area contributed by atoms with Gasteiger partial charge in [0.05, 0.1) is 6.54 Å². The van der Waals surface area contributed by atoms with Gasteiger partial charge in [-0.2, -0.15) is 0 Å². The normalized spacial score (nSPS) is 9.88. The zero-order valence-corrected chi connectivity index (χ0v) is 13.8. The second-order valence-electron chi connectivity index (χ2n) is 5.29. The van der Waals surface area contributed by atoms with E-state index in [9.17, 15) is 9.18 Å². The molecule has 130 valence electrons. The lowest BCUT2D eigenvalue weighted by Crippen LogP contribution is -2.28. The highest BCUT2D eigenvalue weighted by molar-refractivity contribution is 5.89. The van der Waals surface area contributed by atoms with Gasteiger partial charge in [0.1, 0.15) is 23.7 Å². The average Bonchev–Trinajstić information content (AvgIpc) is 2.66. The average molecular weight is 349 g/mol. The first-order valence-corrected chi connectivity index (χ1v) is 7.95. The van der Waals surface area contributed by atoms with Crippen molar-refractivity contribution in [1.29, 1.82) is 0 Å². The Kier molecular flexibility index (Phi) is 5.63. The van der Waals surface area contributed by atoms with E-state index < -0.39 is 6.03 Å². The Labute approximate surface area is 150 Å². The van der Waals surface area contributed by atoms with Gasteiger partial charge in [-0.1, -0.05) is 30.0 Å². The molecule has 0 saturated heterocycles. The van der Waals surface area contributed by atoms with E-state index in [1.165, 1.54) is 24.3 Å². The van der Waals surface area contributed by atoms with Crippen molar-refractivity contribution < 1.29 is 13.9 Å². The Morgan fingerprint density at radius 3 is 2.73 bits per heavy atom. The standard InChI is InChI=1S/C20H16FN3O2/c21-16-8-10-17(11-9-16)24-20(25)23-12-1-2-14-26-18-7-3-5-15-6-4-13-22-19(15)18/h3-11,13H,12,14H2,(H2,23,24,25). The number of pyridine rings is 1. The number of carbonyl (C=O) groups is 1. The number of nitrogens with zero attached hydrogens (tertiary/aromatic N) is 1. The van der Waals surface area contributed by atoms with Crippen LogP contribution in [0, 0.1) is 17.7 Å². The SMILES string of the molecule is O=C(NCC#CCOc1cccc2cccnc12)Nc1ccc(F)cc1. The van der Waals surface area contributed by atoms with Crippen molar-refractivity contribution >= 4 is 22.6 Å². The first-order valence-electron chi connectivity index (χ1n) is 7.95. The summed E-state index contributed by atoms with van der Waals surface area (Å²) < 4.78 is 18.4. The lowest BCUT2D eigenvalue weighted by molar-refractivity contribution is 0.253. The third kappa shape index (κ3) is 4.71. The lowest BCUT2D eigenvalue weighted by Gasteiger charge is -2.05. The fourth-order valence-corrected chi connectivity index (χ4v) is 2.25. The Morgan fingerprint density at radius 1 is 1.08 bits per heavy atom. The van der Waals surface area contributed by atoms with Crippen LogP contribution in [0.25, 0.3) is 10.9 Å². The predicted octanol–water partition coefficient (Wildman–Crippen LogP) is 3.58. The van der Waals surface area contributed by atoms with Crippen molar-refractivity contribution in [3.8, 4) is 17.6 Å². The highest BCUT2D eigenvalue weighted by atomic mass is 19.1. The number of aromatic nitrogens is 1. The summed E-state index contributed by atoms with van der Waals surface area (Å²) in [6.07, 6.45) is 1.71. The molecule has 2 amide bonds. The number of ether oxygens (including phenoxy) is 1. The molecule has 26 heavy (non-hydrogen) atoms. The van der Waals surface area contributed by atoms with Gasteiger partial charge in [0.25, 0.3) is 0 Å². The third-order valence-electron chi connectivity index (χ3n) is 3.46. The summed E-state index contributed by atoms with van der Waals surface area (Å²) in [4.78, 5) is 16.0. The van der Waals surface area contributed by atoms with Crippen molar-refractivity contribution in [2.24, 2.45) is 0 Å². The number of rotatable bonds is 4. The fraction of sp³-hybridized carbons (Fsp3) is 0.100. The van der Waals surface area contributed by atoms with Crippen LogP contribution in [-0.2, 0) is 0 Å². The van der Waals surface area contributed by atoms with E-state index in [-0.39, 0.29) is 19.0 Å². The molecule has 0 saturated carbocycles. The monoisotopic (exact) mass is 349 g/mol. The number of amides is 2. The number of hydrogen-bond donors (Lipinski definition) is 2. The van der Waals surface area contributed by atoms with E-state index in [1.807, 2.05) is 30.3 Å². The Hall–Kier alpha value is -3.59. The Bertz CT molecular complexity index is 957. The van der Waals surface area contributed by atoms with Crippen LogP contribution in [0.4, 0.5) is 14.9 Å². The summed E-state index contributed by atoms with van der Waals surface area (Å²) in [5.74, 6) is 5.94. The molecule has 0 aliphatic carbocycles. The minimum absolute atomic E-state index is 0.171. The van der Waals surface area contributed by atoms with Crippen LogP contribution in [0.2, 0.25) is 0 Å². The van der Waals surface area contributed by atoms with Gasteiger partial charge < -0.3 is 15.4 Å². The summed E-state index contributed by atoms with van der Waals surface area (Å²) in [7, 11) is 0. The van der Waals surface area contributed by atoms with Crippen LogP contribution >= 0.6 is 0 Å². The van der Waals surface area contributed by atoms with E-state index >= 15 is 0 Å². The number of anilines is 1. The van der Waals surface area contributed by atoms with Gasteiger partial charge in [0, 0.05) is 17.3 Å². The number of hydrogen-bond acceptors (Lipinski definition) is 3. The van der Waals surface area contributed by atoms with Crippen LogP contribution in [0.5, 0.6) is 5.75 Å². The third-order valence-corrected chi connectivity index (χ3v) is 3.46. The maximum Gasteiger partial charge on any atom is 0.319 e. The first kappa shape index (κ1) is 17.2. The first-order chi connectivity index (χ1) is 12.7. The van der Waals surface area contributed by atoms with Crippen molar-refractivity contribution in [2.45, 2.75) is 0 Å². The largest absolute Gasteiger partial charge is 0.479 e. The zero-order valence-electron chi connectivity index (χ0n) is 13.8. The molecule has 0 unspecified atom stereocenters. The van der Waals surface area contributed by atoms with E-state index in [4.69, 9.17) is 4.74 Å². The summed E-state index contributed by atoms with van der Waals surface area (Å²) in [5, 5.41) is 6.17. The number of para-hydroxylation sites is 1. The molecule has 6 heteroatoms. The van der Waals surface area contributed by atoms with Crippen molar-refractivity contribution in [3.05, 3.63) is 66.6 Å².